The van der Waals surface area contributed by atoms with Gasteiger partial charge in [-0.2, -0.15) is 0 Å². The van der Waals surface area contributed by atoms with Gasteiger partial charge in [-0.05, 0) is 59.8 Å². The van der Waals surface area contributed by atoms with Crippen LogP contribution in [-0.2, 0) is 0 Å². The lowest BCUT2D eigenvalue weighted by atomic mass is 9.70. The van der Waals surface area contributed by atoms with Crippen molar-refractivity contribution in [3.8, 4) is 11.1 Å². The van der Waals surface area contributed by atoms with Crippen molar-refractivity contribution in [3.05, 3.63) is 59.7 Å². The number of benzene rings is 2. The first-order valence-electron chi connectivity index (χ1n) is 10.8. The van der Waals surface area contributed by atoms with E-state index in [9.17, 15) is 0 Å². The molecule has 0 saturated heterocycles. The monoisotopic (exact) mass is 342 g/mol. The van der Waals surface area contributed by atoms with Gasteiger partial charge in [0.15, 0.2) is 0 Å². The molecule has 0 aliphatic heterocycles. The summed E-state index contributed by atoms with van der Waals surface area (Å²) in [5.41, 5.74) is 5.73. The summed E-state index contributed by atoms with van der Waals surface area (Å²) >= 11 is 0. The van der Waals surface area contributed by atoms with Crippen molar-refractivity contribution >= 4 is 7.85 Å². The lowest BCUT2D eigenvalue weighted by Crippen LogP contribution is -2.09. The number of rotatable bonds is 3. The Kier molecular flexibility index (Phi) is 5.83. The Labute approximate surface area is 160 Å². The summed E-state index contributed by atoms with van der Waals surface area (Å²) < 4.78 is 0. The highest BCUT2D eigenvalue weighted by Gasteiger charge is 2.19. The van der Waals surface area contributed by atoms with Gasteiger partial charge in [-0.1, -0.05) is 92.9 Å². The van der Waals surface area contributed by atoms with Crippen molar-refractivity contribution in [3.63, 3.8) is 0 Å². The first kappa shape index (κ1) is 17.9. The normalized spacial score (nSPS) is 24.9. The maximum atomic E-state index is 6.05. The quantitative estimate of drug-likeness (QED) is 0.402. The molecule has 2 aromatic carbocycles. The Balaban J connectivity index is 1.44. The summed E-state index contributed by atoms with van der Waals surface area (Å²) in [6, 6.07) is 18.7. The Morgan fingerprint density at radius 2 is 0.923 bits per heavy atom. The Hall–Kier alpha value is -1.50. The fourth-order valence-corrected chi connectivity index (χ4v) is 4.96. The van der Waals surface area contributed by atoms with Crippen LogP contribution in [0.5, 0.6) is 0 Å². The highest BCUT2D eigenvalue weighted by Crippen LogP contribution is 2.38. The fourth-order valence-electron chi connectivity index (χ4n) is 4.96. The van der Waals surface area contributed by atoms with E-state index in [1.54, 1.807) is 5.56 Å². The van der Waals surface area contributed by atoms with Gasteiger partial charge in [0.1, 0.15) is 0 Å². The SMILES string of the molecule is [B]C1CCC(c2ccc(-c3ccc(C4CCCCCC4)cc3)cc2)CC1. The Morgan fingerprint density at radius 3 is 1.38 bits per heavy atom. The second kappa shape index (κ2) is 8.46. The van der Waals surface area contributed by atoms with Crippen LogP contribution in [0.15, 0.2) is 48.5 Å². The van der Waals surface area contributed by atoms with Crippen LogP contribution in [0.2, 0.25) is 5.82 Å². The molecule has 0 bridgehead atoms. The predicted molar refractivity (Wildman–Crippen MR) is 113 cm³/mol. The molecule has 2 aliphatic rings. The zero-order valence-corrected chi connectivity index (χ0v) is 16.0. The second-order valence-electron chi connectivity index (χ2n) is 8.54. The molecular weight excluding hydrogens is 311 g/mol. The van der Waals surface area contributed by atoms with Crippen molar-refractivity contribution in [1.82, 2.24) is 0 Å². The molecule has 0 unspecified atom stereocenters. The lowest BCUT2D eigenvalue weighted by Gasteiger charge is -2.26. The molecule has 2 saturated carbocycles. The van der Waals surface area contributed by atoms with Crippen molar-refractivity contribution < 1.29 is 0 Å². The van der Waals surface area contributed by atoms with Crippen LogP contribution >= 0.6 is 0 Å². The highest BCUT2D eigenvalue weighted by molar-refractivity contribution is 6.11. The first-order chi connectivity index (χ1) is 12.8. The van der Waals surface area contributed by atoms with E-state index in [1.807, 2.05) is 0 Å². The molecule has 0 amide bonds. The minimum absolute atomic E-state index is 0.428. The van der Waals surface area contributed by atoms with Crippen LogP contribution in [0.25, 0.3) is 11.1 Å². The van der Waals surface area contributed by atoms with E-state index in [1.165, 1.54) is 80.9 Å². The van der Waals surface area contributed by atoms with Gasteiger partial charge < -0.3 is 0 Å². The standard InChI is InChI=1S/C25H31B/c26-25-17-15-24(16-18-25)23-13-11-22(12-14-23)21-9-7-20(8-10-21)19-5-3-1-2-4-6-19/h7-14,19,24-25H,1-6,15-18H2. The molecule has 4 rings (SSSR count). The number of hydrogen-bond donors (Lipinski definition) is 0. The summed E-state index contributed by atoms with van der Waals surface area (Å²) in [5, 5.41) is 0. The van der Waals surface area contributed by atoms with Crippen LogP contribution in [-0.4, -0.2) is 7.85 Å². The largest absolute Gasteiger partial charge is 0.0773 e. The van der Waals surface area contributed by atoms with Crippen LogP contribution in [0.4, 0.5) is 0 Å². The van der Waals surface area contributed by atoms with Crippen LogP contribution in [0.3, 0.4) is 0 Å². The lowest BCUT2D eigenvalue weighted by molar-refractivity contribution is 0.444. The third kappa shape index (κ3) is 4.25. The first-order valence-corrected chi connectivity index (χ1v) is 10.8. The molecule has 0 aromatic heterocycles. The van der Waals surface area contributed by atoms with E-state index in [0.29, 0.717) is 11.7 Å². The third-order valence-electron chi connectivity index (χ3n) is 6.72. The molecule has 134 valence electrons. The average Bonchev–Trinajstić information content (AvgIpc) is 2.99. The van der Waals surface area contributed by atoms with E-state index < -0.39 is 0 Å². The molecule has 1 heteroatoms. The topological polar surface area (TPSA) is 0 Å². The molecule has 0 N–H and O–H groups in total. The van der Waals surface area contributed by atoms with Crippen LogP contribution in [0, 0.1) is 0 Å². The van der Waals surface area contributed by atoms with Crippen LogP contribution in [0.1, 0.15) is 87.2 Å². The molecule has 26 heavy (non-hydrogen) atoms. The van der Waals surface area contributed by atoms with E-state index in [4.69, 9.17) is 7.85 Å². The Bertz CT molecular complexity index is 669. The summed E-state index contributed by atoms with van der Waals surface area (Å²) in [6.45, 7) is 0. The third-order valence-corrected chi connectivity index (χ3v) is 6.72. The Morgan fingerprint density at radius 1 is 0.500 bits per heavy atom. The van der Waals surface area contributed by atoms with Gasteiger partial charge in [-0.25, -0.2) is 0 Å². The molecule has 2 aromatic rings. The summed E-state index contributed by atoms with van der Waals surface area (Å²) in [6.07, 6.45) is 13.2. The van der Waals surface area contributed by atoms with Crippen molar-refractivity contribution in [1.29, 1.82) is 0 Å². The minimum Gasteiger partial charge on any atom is -0.0773 e. The van der Waals surface area contributed by atoms with Gasteiger partial charge >= 0.3 is 0 Å². The highest BCUT2D eigenvalue weighted by atomic mass is 14.2. The van der Waals surface area contributed by atoms with Gasteiger partial charge in [-0.15, -0.1) is 0 Å². The van der Waals surface area contributed by atoms with E-state index >= 15 is 0 Å². The molecule has 2 aliphatic carbocycles. The smallest absolute Gasteiger partial charge is 0.0699 e. The van der Waals surface area contributed by atoms with E-state index in [-0.39, 0.29) is 0 Å². The molecule has 0 atom stereocenters. The summed E-state index contributed by atoms with van der Waals surface area (Å²) in [4.78, 5) is 0. The molecule has 2 fully saturated rings. The van der Waals surface area contributed by atoms with E-state index in [2.05, 4.69) is 48.5 Å². The molecule has 0 nitrogen and oxygen atoms in total. The minimum atomic E-state index is 0.428. The molecule has 0 heterocycles. The summed E-state index contributed by atoms with van der Waals surface area (Å²) in [5.74, 6) is 1.92. The van der Waals surface area contributed by atoms with Crippen molar-refractivity contribution in [2.24, 2.45) is 0 Å². The van der Waals surface area contributed by atoms with Crippen LogP contribution < -0.4 is 0 Å². The van der Waals surface area contributed by atoms with Gasteiger partial charge in [-0.3, -0.25) is 0 Å². The second-order valence-corrected chi connectivity index (χ2v) is 8.54. The van der Waals surface area contributed by atoms with E-state index in [0.717, 1.165) is 5.92 Å². The van der Waals surface area contributed by atoms with Gasteiger partial charge in [0.25, 0.3) is 0 Å². The zero-order chi connectivity index (χ0) is 17.8. The van der Waals surface area contributed by atoms with Gasteiger partial charge in [0.2, 0.25) is 0 Å². The average molecular weight is 342 g/mol. The molecule has 2 radical (unpaired) electrons. The summed E-state index contributed by atoms with van der Waals surface area (Å²) in [7, 11) is 6.05. The van der Waals surface area contributed by atoms with Crippen molar-refractivity contribution in [2.75, 3.05) is 0 Å². The van der Waals surface area contributed by atoms with Gasteiger partial charge in [0, 0.05) is 0 Å². The maximum Gasteiger partial charge on any atom is 0.0699 e. The molecule has 0 spiro atoms. The fraction of sp³-hybridized carbons (Fsp3) is 0.520. The predicted octanol–water partition coefficient (Wildman–Crippen LogP) is 7.41. The zero-order valence-electron chi connectivity index (χ0n) is 16.0. The maximum absolute atomic E-state index is 6.05. The number of hydrogen-bond acceptors (Lipinski definition) is 0. The van der Waals surface area contributed by atoms with Gasteiger partial charge in [0.05, 0.1) is 7.85 Å². The van der Waals surface area contributed by atoms with Crippen molar-refractivity contribution in [2.45, 2.75) is 81.9 Å². The molecular formula is C25H31B.